The normalized spacial score (nSPS) is 22.0. The standard InChI is InChI=1S/C9H14O2.C2H6/c10-9(7-5-6-7)11-8-3-1-2-4-8;1-2/h7-8H,1-6H2;1-2H3. The number of carbonyl (C=O) groups excluding carboxylic acids is 1. The van der Waals surface area contributed by atoms with Gasteiger partial charge in [-0.1, -0.05) is 13.8 Å². The fraction of sp³-hybridized carbons (Fsp3) is 0.909. The van der Waals surface area contributed by atoms with Crippen molar-refractivity contribution in [1.29, 1.82) is 0 Å². The lowest BCUT2D eigenvalue weighted by Gasteiger charge is -2.09. The number of ether oxygens (including phenoxy) is 1. The van der Waals surface area contributed by atoms with E-state index in [0.717, 1.165) is 25.7 Å². The van der Waals surface area contributed by atoms with Crippen LogP contribution in [0, 0.1) is 5.92 Å². The van der Waals surface area contributed by atoms with Crippen LogP contribution in [-0.4, -0.2) is 12.1 Å². The molecule has 2 nitrogen and oxygen atoms in total. The Balaban J connectivity index is 0.000000396. The summed E-state index contributed by atoms with van der Waals surface area (Å²) in [6, 6.07) is 0. The molecule has 2 heteroatoms. The van der Waals surface area contributed by atoms with Crippen LogP contribution in [0.2, 0.25) is 0 Å². The molecule has 13 heavy (non-hydrogen) atoms. The third-order valence-electron chi connectivity index (χ3n) is 2.50. The molecular formula is C11H20O2. The molecule has 0 unspecified atom stereocenters. The summed E-state index contributed by atoms with van der Waals surface area (Å²) in [5, 5.41) is 0. The van der Waals surface area contributed by atoms with Crippen LogP contribution in [0.4, 0.5) is 0 Å². The monoisotopic (exact) mass is 184 g/mol. The quantitative estimate of drug-likeness (QED) is 0.617. The van der Waals surface area contributed by atoms with Gasteiger partial charge in [-0.05, 0) is 38.5 Å². The van der Waals surface area contributed by atoms with Crippen LogP contribution in [0.15, 0.2) is 0 Å². The van der Waals surface area contributed by atoms with E-state index in [1.54, 1.807) is 0 Å². The first kappa shape index (κ1) is 10.6. The first-order valence-electron chi connectivity index (χ1n) is 5.57. The van der Waals surface area contributed by atoms with Crippen molar-refractivity contribution in [3.05, 3.63) is 0 Å². The van der Waals surface area contributed by atoms with Crippen molar-refractivity contribution < 1.29 is 9.53 Å². The molecule has 0 aliphatic heterocycles. The summed E-state index contributed by atoms with van der Waals surface area (Å²) in [5.74, 6) is 0.340. The van der Waals surface area contributed by atoms with E-state index in [1.165, 1.54) is 12.8 Å². The van der Waals surface area contributed by atoms with Gasteiger partial charge in [0, 0.05) is 0 Å². The molecule has 2 fully saturated rings. The summed E-state index contributed by atoms with van der Waals surface area (Å²) in [6.45, 7) is 4.00. The highest BCUT2D eigenvalue weighted by Crippen LogP contribution is 2.32. The van der Waals surface area contributed by atoms with Crippen molar-refractivity contribution in [3.63, 3.8) is 0 Å². The molecule has 2 aliphatic rings. The summed E-state index contributed by atoms with van der Waals surface area (Å²) in [5.41, 5.74) is 0. The van der Waals surface area contributed by atoms with E-state index in [4.69, 9.17) is 4.74 Å². The van der Waals surface area contributed by atoms with Gasteiger partial charge in [0.1, 0.15) is 6.10 Å². The maximum absolute atomic E-state index is 11.1. The topological polar surface area (TPSA) is 26.3 Å². The summed E-state index contributed by atoms with van der Waals surface area (Å²) in [6.07, 6.45) is 7.06. The Morgan fingerprint density at radius 3 is 2.08 bits per heavy atom. The minimum atomic E-state index is 0.0666. The SMILES string of the molecule is CC.O=C(OC1CCCC1)C1CC1. The van der Waals surface area contributed by atoms with Gasteiger partial charge in [-0.3, -0.25) is 4.79 Å². The summed E-state index contributed by atoms with van der Waals surface area (Å²) in [4.78, 5) is 11.1. The van der Waals surface area contributed by atoms with Crippen LogP contribution in [0.1, 0.15) is 52.4 Å². The third-order valence-corrected chi connectivity index (χ3v) is 2.50. The number of carbonyl (C=O) groups is 1. The fourth-order valence-electron chi connectivity index (χ4n) is 1.59. The molecule has 2 rings (SSSR count). The van der Waals surface area contributed by atoms with Crippen LogP contribution in [0.3, 0.4) is 0 Å². The van der Waals surface area contributed by atoms with E-state index >= 15 is 0 Å². The highest BCUT2D eigenvalue weighted by Gasteiger charge is 2.33. The largest absolute Gasteiger partial charge is 0.462 e. The van der Waals surface area contributed by atoms with E-state index in [9.17, 15) is 4.79 Å². The zero-order valence-electron chi connectivity index (χ0n) is 8.71. The van der Waals surface area contributed by atoms with Crippen molar-refractivity contribution in [2.45, 2.75) is 58.5 Å². The van der Waals surface area contributed by atoms with E-state index in [-0.39, 0.29) is 18.0 Å². The van der Waals surface area contributed by atoms with Crippen LogP contribution in [0.5, 0.6) is 0 Å². The van der Waals surface area contributed by atoms with Crippen molar-refractivity contribution in [2.75, 3.05) is 0 Å². The molecule has 0 amide bonds. The fourth-order valence-corrected chi connectivity index (χ4v) is 1.59. The number of rotatable bonds is 2. The minimum Gasteiger partial charge on any atom is -0.462 e. The number of hydrogen-bond acceptors (Lipinski definition) is 2. The van der Waals surface area contributed by atoms with Gasteiger partial charge in [0.2, 0.25) is 0 Å². The van der Waals surface area contributed by atoms with E-state index < -0.39 is 0 Å². The summed E-state index contributed by atoms with van der Waals surface area (Å²) >= 11 is 0. The van der Waals surface area contributed by atoms with Crippen LogP contribution >= 0.6 is 0 Å². The van der Waals surface area contributed by atoms with Crippen molar-refractivity contribution in [1.82, 2.24) is 0 Å². The molecule has 0 saturated heterocycles. The Kier molecular flexibility index (Phi) is 4.26. The van der Waals surface area contributed by atoms with Crippen LogP contribution in [-0.2, 0) is 9.53 Å². The zero-order valence-corrected chi connectivity index (χ0v) is 8.71. The molecule has 0 spiro atoms. The Hall–Kier alpha value is -0.530. The van der Waals surface area contributed by atoms with Gasteiger partial charge in [0.15, 0.2) is 0 Å². The second-order valence-corrected chi connectivity index (χ2v) is 3.62. The second-order valence-electron chi connectivity index (χ2n) is 3.62. The van der Waals surface area contributed by atoms with Gasteiger partial charge in [0.05, 0.1) is 5.92 Å². The average molecular weight is 184 g/mol. The molecule has 0 atom stereocenters. The Morgan fingerprint density at radius 1 is 1.08 bits per heavy atom. The van der Waals surface area contributed by atoms with Crippen molar-refractivity contribution in [2.24, 2.45) is 5.92 Å². The van der Waals surface area contributed by atoms with E-state index in [0.29, 0.717) is 0 Å². The lowest BCUT2D eigenvalue weighted by atomic mass is 10.3. The molecule has 0 N–H and O–H groups in total. The van der Waals surface area contributed by atoms with Crippen molar-refractivity contribution >= 4 is 5.97 Å². The highest BCUT2D eigenvalue weighted by molar-refractivity contribution is 5.75. The van der Waals surface area contributed by atoms with Crippen molar-refractivity contribution in [3.8, 4) is 0 Å². The molecule has 0 heterocycles. The predicted molar refractivity (Wildman–Crippen MR) is 52.4 cm³/mol. The molecule has 0 aromatic rings. The van der Waals surface area contributed by atoms with Gasteiger partial charge < -0.3 is 4.74 Å². The predicted octanol–water partition coefficient (Wildman–Crippen LogP) is 2.91. The van der Waals surface area contributed by atoms with Gasteiger partial charge in [0.25, 0.3) is 0 Å². The van der Waals surface area contributed by atoms with Gasteiger partial charge in [-0.2, -0.15) is 0 Å². The molecule has 0 radical (unpaired) electrons. The summed E-state index contributed by atoms with van der Waals surface area (Å²) in [7, 11) is 0. The van der Waals surface area contributed by atoms with Gasteiger partial charge >= 0.3 is 5.97 Å². The second kappa shape index (κ2) is 5.25. The molecule has 2 aliphatic carbocycles. The molecule has 0 aromatic carbocycles. The lowest BCUT2D eigenvalue weighted by molar-refractivity contribution is -0.150. The van der Waals surface area contributed by atoms with Crippen LogP contribution in [0.25, 0.3) is 0 Å². The Bertz CT molecular complexity index is 155. The first-order valence-corrected chi connectivity index (χ1v) is 5.57. The lowest BCUT2D eigenvalue weighted by Crippen LogP contribution is -2.15. The van der Waals surface area contributed by atoms with Gasteiger partial charge in [-0.15, -0.1) is 0 Å². The smallest absolute Gasteiger partial charge is 0.309 e. The summed E-state index contributed by atoms with van der Waals surface area (Å²) < 4.78 is 5.30. The molecular weight excluding hydrogens is 164 g/mol. The first-order chi connectivity index (χ1) is 6.36. The highest BCUT2D eigenvalue weighted by atomic mass is 16.5. The average Bonchev–Trinajstić information content (AvgIpc) is 2.90. The molecule has 2 saturated carbocycles. The Morgan fingerprint density at radius 2 is 1.62 bits per heavy atom. The van der Waals surface area contributed by atoms with Gasteiger partial charge in [-0.25, -0.2) is 0 Å². The van der Waals surface area contributed by atoms with E-state index in [2.05, 4.69) is 0 Å². The molecule has 0 aromatic heterocycles. The maximum atomic E-state index is 11.1. The molecule has 0 bridgehead atoms. The number of hydrogen-bond donors (Lipinski definition) is 0. The minimum absolute atomic E-state index is 0.0666. The zero-order chi connectivity index (χ0) is 9.68. The van der Waals surface area contributed by atoms with E-state index in [1.807, 2.05) is 13.8 Å². The maximum Gasteiger partial charge on any atom is 0.309 e. The number of esters is 1. The van der Waals surface area contributed by atoms with Crippen LogP contribution < -0.4 is 0 Å². The molecule has 76 valence electrons. The third kappa shape index (κ3) is 3.37. The Labute approximate surface area is 80.7 Å².